The van der Waals surface area contributed by atoms with Gasteiger partial charge in [0.1, 0.15) is 5.82 Å². The first-order valence-corrected chi connectivity index (χ1v) is 6.17. The van der Waals surface area contributed by atoms with Gasteiger partial charge < -0.3 is 5.32 Å². The van der Waals surface area contributed by atoms with Crippen LogP contribution in [-0.2, 0) is 6.54 Å². The first kappa shape index (κ1) is 12.8. The summed E-state index contributed by atoms with van der Waals surface area (Å²) in [6.45, 7) is 5.43. The quantitative estimate of drug-likeness (QED) is 0.880. The minimum atomic E-state index is -0.174. The number of aromatic nitrogens is 2. The van der Waals surface area contributed by atoms with E-state index in [0.717, 1.165) is 12.1 Å². The molecule has 0 spiro atoms. The predicted octanol–water partition coefficient (Wildman–Crippen LogP) is 2.68. The van der Waals surface area contributed by atoms with Crippen LogP contribution in [0.4, 0.5) is 4.39 Å². The molecule has 3 nitrogen and oxygen atoms in total. The third kappa shape index (κ3) is 2.96. The van der Waals surface area contributed by atoms with Crippen LogP contribution in [0.1, 0.15) is 24.1 Å². The highest BCUT2D eigenvalue weighted by molar-refractivity contribution is 5.21. The summed E-state index contributed by atoms with van der Waals surface area (Å²) in [6, 6.07) is 6.82. The second-order valence-electron chi connectivity index (χ2n) is 4.37. The number of nitrogens with zero attached hydrogens (tertiary/aromatic N) is 2. The fraction of sp³-hybridized carbons (Fsp3) is 0.357. The molecule has 0 aliphatic heterocycles. The lowest BCUT2D eigenvalue weighted by atomic mass is 10.1. The number of likely N-dealkylation sites (N-methyl/N-ethyl adjacent to an activating group) is 1. The van der Waals surface area contributed by atoms with Crippen LogP contribution < -0.4 is 5.32 Å². The molecule has 18 heavy (non-hydrogen) atoms. The molecule has 1 unspecified atom stereocenters. The molecule has 0 radical (unpaired) electrons. The summed E-state index contributed by atoms with van der Waals surface area (Å²) >= 11 is 0. The number of halogens is 1. The van der Waals surface area contributed by atoms with Crippen molar-refractivity contribution in [2.45, 2.75) is 26.4 Å². The molecule has 4 heteroatoms. The standard InChI is InChI=1S/C14H18FN3/c1-3-16-14(10-18-9-11(2)8-17-18)12-6-4-5-7-13(12)15/h4-9,14,16H,3,10H2,1-2H3. The molecule has 0 fully saturated rings. The molecule has 0 aliphatic rings. The molecule has 1 aromatic carbocycles. The SMILES string of the molecule is CCNC(Cn1cc(C)cn1)c1ccccc1F. The van der Waals surface area contributed by atoms with Gasteiger partial charge in [-0.25, -0.2) is 4.39 Å². The zero-order valence-electron chi connectivity index (χ0n) is 10.7. The number of rotatable bonds is 5. The van der Waals surface area contributed by atoms with Gasteiger partial charge in [0.25, 0.3) is 0 Å². The van der Waals surface area contributed by atoms with Crippen molar-refractivity contribution < 1.29 is 4.39 Å². The van der Waals surface area contributed by atoms with Gasteiger partial charge >= 0.3 is 0 Å². The largest absolute Gasteiger partial charge is 0.309 e. The topological polar surface area (TPSA) is 29.9 Å². The van der Waals surface area contributed by atoms with Gasteiger partial charge in [0.2, 0.25) is 0 Å². The van der Waals surface area contributed by atoms with Gasteiger partial charge in [0, 0.05) is 11.8 Å². The van der Waals surface area contributed by atoms with E-state index < -0.39 is 0 Å². The number of aryl methyl sites for hydroxylation is 1. The molecule has 1 atom stereocenters. The Balaban J connectivity index is 2.20. The molecule has 1 aromatic heterocycles. The summed E-state index contributed by atoms with van der Waals surface area (Å²) in [5.41, 5.74) is 1.80. The third-order valence-corrected chi connectivity index (χ3v) is 2.86. The second kappa shape index (κ2) is 5.78. The number of benzene rings is 1. The summed E-state index contributed by atoms with van der Waals surface area (Å²) in [6.07, 6.45) is 3.77. The average Bonchev–Trinajstić information content (AvgIpc) is 2.75. The van der Waals surface area contributed by atoms with E-state index in [1.54, 1.807) is 6.07 Å². The predicted molar refractivity (Wildman–Crippen MR) is 69.8 cm³/mol. The van der Waals surface area contributed by atoms with E-state index in [0.29, 0.717) is 12.1 Å². The van der Waals surface area contributed by atoms with E-state index >= 15 is 0 Å². The Morgan fingerprint density at radius 3 is 2.78 bits per heavy atom. The lowest BCUT2D eigenvalue weighted by molar-refractivity contribution is 0.431. The van der Waals surface area contributed by atoms with E-state index in [1.165, 1.54) is 6.07 Å². The smallest absolute Gasteiger partial charge is 0.128 e. The highest BCUT2D eigenvalue weighted by Gasteiger charge is 2.15. The summed E-state index contributed by atoms with van der Waals surface area (Å²) in [5, 5.41) is 7.54. The van der Waals surface area contributed by atoms with E-state index in [-0.39, 0.29) is 11.9 Å². The highest BCUT2D eigenvalue weighted by Crippen LogP contribution is 2.18. The van der Waals surface area contributed by atoms with Crippen molar-refractivity contribution in [3.8, 4) is 0 Å². The highest BCUT2D eigenvalue weighted by atomic mass is 19.1. The van der Waals surface area contributed by atoms with Gasteiger partial charge in [-0.15, -0.1) is 0 Å². The maximum absolute atomic E-state index is 13.8. The van der Waals surface area contributed by atoms with Crippen LogP contribution in [0.25, 0.3) is 0 Å². The van der Waals surface area contributed by atoms with Crippen LogP contribution in [0.3, 0.4) is 0 Å². The minimum Gasteiger partial charge on any atom is -0.309 e. The van der Waals surface area contributed by atoms with E-state index in [1.807, 2.05) is 43.1 Å². The van der Waals surface area contributed by atoms with Crippen molar-refractivity contribution in [2.24, 2.45) is 0 Å². The monoisotopic (exact) mass is 247 g/mol. The molecule has 1 heterocycles. The molecule has 0 amide bonds. The Morgan fingerprint density at radius 2 is 2.17 bits per heavy atom. The van der Waals surface area contributed by atoms with Crippen LogP contribution in [0, 0.1) is 12.7 Å². The lowest BCUT2D eigenvalue weighted by Gasteiger charge is -2.19. The molecular weight excluding hydrogens is 229 g/mol. The van der Waals surface area contributed by atoms with Crippen molar-refractivity contribution in [2.75, 3.05) is 6.54 Å². The van der Waals surface area contributed by atoms with Crippen molar-refractivity contribution in [3.63, 3.8) is 0 Å². The van der Waals surface area contributed by atoms with E-state index in [2.05, 4.69) is 10.4 Å². The van der Waals surface area contributed by atoms with Crippen molar-refractivity contribution in [3.05, 3.63) is 53.6 Å². The zero-order valence-corrected chi connectivity index (χ0v) is 10.7. The van der Waals surface area contributed by atoms with Gasteiger partial charge in [0.15, 0.2) is 0 Å². The molecule has 0 saturated heterocycles. The second-order valence-corrected chi connectivity index (χ2v) is 4.37. The van der Waals surface area contributed by atoms with Crippen LogP contribution in [-0.4, -0.2) is 16.3 Å². The molecular formula is C14H18FN3. The molecule has 0 saturated carbocycles. The molecule has 0 bridgehead atoms. The maximum atomic E-state index is 13.8. The van der Waals surface area contributed by atoms with E-state index in [4.69, 9.17) is 0 Å². The molecule has 2 rings (SSSR count). The first-order chi connectivity index (χ1) is 8.70. The Kier molecular flexibility index (Phi) is 4.10. The lowest BCUT2D eigenvalue weighted by Crippen LogP contribution is -2.26. The van der Waals surface area contributed by atoms with Crippen molar-refractivity contribution >= 4 is 0 Å². The third-order valence-electron chi connectivity index (χ3n) is 2.86. The number of hydrogen-bond donors (Lipinski definition) is 1. The molecule has 0 aliphatic carbocycles. The van der Waals surface area contributed by atoms with E-state index in [9.17, 15) is 4.39 Å². The van der Waals surface area contributed by atoms with Crippen LogP contribution in [0.15, 0.2) is 36.7 Å². The Labute approximate surface area is 107 Å². The summed E-state index contributed by atoms with van der Waals surface area (Å²) < 4.78 is 15.6. The fourth-order valence-corrected chi connectivity index (χ4v) is 2.03. The molecule has 2 aromatic rings. The van der Waals surface area contributed by atoms with Gasteiger partial charge in [-0.05, 0) is 25.1 Å². The number of nitrogens with one attached hydrogen (secondary N) is 1. The average molecular weight is 247 g/mol. The Hall–Kier alpha value is -1.68. The van der Waals surface area contributed by atoms with Crippen LogP contribution in [0.2, 0.25) is 0 Å². The fourth-order valence-electron chi connectivity index (χ4n) is 2.03. The number of hydrogen-bond acceptors (Lipinski definition) is 2. The van der Waals surface area contributed by atoms with Gasteiger partial charge in [0.05, 0.1) is 18.8 Å². The van der Waals surface area contributed by atoms with Gasteiger partial charge in [-0.1, -0.05) is 25.1 Å². The maximum Gasteiger partial charge on any atom is 0.128 e. The molecule has 1 N–H and O–H groups in total. The zero-order chi connectivity index (χ0) is 13.0. The summed E-state index contributed by atoms with van der Waals surface area (Å²) in [5.74, 6) is -0.174. The normalized spacial score (nSPS) is 12.6. The van der Waals surface area contributed by atoms with Crippen LogP contribution in [0.5, 0.6) is 0 Å². The van der Waals surface area contributed by atoms with Gasteiger partial charge in [-0.3, -0.25) is 4.68 Å². The van der Waals surface area contributed by atoms with Crippen molar-refractivity contribution in [1.29, 1.82) is 0 Å². The van der Waals surface area contributed by atoms with Crippen molar-refractivity contribution in [1.82, 2.24) is 15.1 Å². The summed E-state index contributed by atoms with van der Waals surface area (Å²) in [4.78, 5) is 0. The molecule has 96 valence electrons. The van der Waals surface area contributed by atoms with Gasteiger partial charge in [-0.2, -0.15) is 5.10 Å². The Bertz CT molecular complexity index is 507. The van der Waals surface area contributed by atoms with Crippen LogP contribution >= 0.6 is 0 Å². The first-order valence-electron chi connectivity index (χ1n) is 6.17. The minimum absolute atomic E-state index is 0.0597. The Morgan fingerprint density at radius 1 is 1.39 bits per heavy atom. The summed E-state index contributed by atoms with van der Waals surface area (Å²) in [7, 11) is 0.